The SMILES string of the molecule is CC#CC1(F)C(CO)[C@@H](COP(=O)(O)OP(=O)(O)OP(=O)(O)O)O[C@H]1n1cnc2cnc(N)nc21. The molecule has 7 N–H and O–H groups in total. The summed E-state index contributed by atoms with van der Waals surface area (Å²) in [5.74, 6) is 3.01. The molecule has 17 nitrogen and oxygen atoms in total. The number of nitrogen functional groups attached to an aromatic ring is 1. The summed E-state index contributed by atoms with van der Waals surface area (Å²) >= 11 is 0. The number of phosphoric ester groups is 1. The van der Waals surface area contributed by atoms with Crippen molar-refractivity contribution in [3.63, 3.8) is 0 Å². The van der Waals surface area contributed by atoms with E-state index in [1.807, 2.05) is 0 Å². The van der Waals surface area contributed by atoms with Crippen LogP contribution in [-0.2, 0) is 31.6 Å². The lowest BCUT2D eigenvalue weighted by molar-refractivity contribution is -0.0479. The van der Waals surface area contributed by atoms with Gasteiger partial charge in [0.05, 0.1) is 37.8 Å². The Morgan fingerprint density at radius 1 is 1.23 bits per heavy atom. The summed E-state index contributed by atoms with van der Waals surface area (Å²) in [7, 11) is -16.9. The fraction of sp³-hybridized carbons (Fsp3) is 0.500. The van der Waals surface area contributed by atoms with E-state index in [1.165, 1.54) is 13.1 Å². The summed E-state index contributed by atoms with van der Waals surface area (Å²) in [4.78, 5) is 47.8. The molecule has 0 saturated carbocycles. The number of alkyl halides is 1. The summed E-state index contributed by atoms with van der Waals surface area (Å²) in [5, 5.41) is 9.85. The molecule has 21 heteroatoms. The Kier molecular flexibility index (Phi) is 7.86. The third-order valence-electron chi connectivity index (χ3n) is 4.57. The third-order valence-corrected chi connectivity index (χ3v) is 8.37. The number of nitrogens with zero attached hydrogens (tertiary/aromatic N) is 4. The molecule has 1 saturated heterocycles. The molecule has 1 aliphatic rings. The molecule has 3 rings (SSSR count). The number of rotatable bonds is 9. The Labute approximate surface area is 195 Å². The van der Waals surface area contributed by atoms with E-state index in [0.29, 0.717) is 0 Å². The van der Waals surface area contributed by atoms with Crippen molar-refractivity contribution in [1.82, 2.24) is 19.5 Å². The van der Waals surface area contributed by atoms with Gasteiger partial charge in [0, 0.05) is 0 Å². The van der Waals surface area contributed by atoms with E-state index in [1.54, 1.807) is 0 Å². The normalized spacial score (nSPS) is 28.3. The maximum absolute atomic E-state index is 16.2. The molecule has 0 aliphatic carbocycles. The zero-order valence-corrected chi connectivity index (χ0v) is 20.2. The van der Waals surface area contributed by atoms with Crippen LogP contribution < -0.4 is 5.73 Å². The first-order valence-corrected chi connectivity index (χ1v) is 13.8. The molecular weight excluding hydrogens is 542 g/mol. The van der Waals surface area contributed by atoms with E-state index >= 15 is 4.39 Å². The number of fused-ring (bicyclic) bond motifs is 1. The fourth-order valence-corrected chi connectivity index (χ4v) is 6.35. The molecule has 1 fully saturated rings. The molecule has 3 heterocycles. The Bertz CT molecular complexity index is 1310. The van der Waals surface area contributed by atoms with Gasteiger partial charge in [-0.25, -0.2) is 28.1 Å². The van der Waals surface area contributed by atoms with Gasteiger partial charge in [-0.2, -0.15) is 13.6 Å². The topological polar surface area (TPSA) is 259 Å². The molecular formula is C14H19FN5O12P3. The molecule has 2 aromatic rings. The molecule has 2 aromatic heterocycles. The van der Waals surface area contributed by atoms with Crippen LogP contribution in [0.2, 0.25) is 0 Å². The monoisotopic (exact) mass is 561 g/mol. The van der Waals surface area contributed by atoms with Gasteiger partial charge in [0.25, 0.3) is 0 Å². The smallest absolute Gasteiger partial charge is 0.396 e. The highest BCUT2D eigenvalue weighted by atomic mass is 31.3. The third kappa shape index (κ3) is 6.30. The van der Waals surface area contributed by atoms with Gasteiger partial charge in [0.1, 0.15) is 5.52 Å². The quantitative estimate of drug-likeness (QED) is 0.174. The number of phosphoric acid groups is 3. The lowest BCUT2D eigenvalue weighted by Crippen LogP contribution is -2.40. The Balaban J connectivity index is 1.87. The minimum Gasteiger partial charge on any atom is -0.396 e. The van der Waals surface area contributed by atoms with Crippen LogP contribution in [-0.4, -0.2) is 69.2 Å². The van der Waals surface area contributed by atoms with Crippen LogP contribution in [0.3, 0.4) is 0 Å². The van der Waals surface area contributed by atoms with Crippen LogP contribution in [0.1, 0.15) is 13.2 Å². The molecule has 194 valence electrons. The molecule has 0 amide bonds. The average molecular weight is 561 g/mol. The number of nitrogens with two attached hydrogens (primary N) is 1. The molecule has 35 heavy (non-hydrogen) atoms. The Morgan fingerprint density at radius 3 is 2.51 bits per heavy atom. The highest BCUT2D eigenvalue weighted by Gasteiger charge is 2.58. The maximum Gasteiger partial charge on any atom is 0.490 e. The number of aliphatic hydroxyl groups excluding tert-OH is 1. The van der Waals surface area contributed by atoms with Crippen LogP contribution in [0.5, 0.6) is 0 Å². The van der Waals surface area contributed by atoms with Gasteiger partial charge >= 0.3 is 23.5 Å². The van der Waals surface area contributed by atoms with Crippen LogP contribution in [0.25, 0.3) is 11.2 Å². The standard InChI is InChI=1S/C14H19FN5O12P3/c1-2-3-14(15)8(5-21)10(6-29-34(25,26)32-35(27,28)31-33(22,23)24)30-12(14)20-7-18-9-4-17-13(16)19-11(9)20/h4,7-8,10,12,21H,5-6H2,1H3,(H,25,26)(H,27,28)(H2,16,17,19)(H2,22,23,24)/t8?,10-,12-,14?/m1/s1. The fourth-order valence-electron chi connectivity index (χ4n) is 3.32. The highest BCUT2D eigenvalue weighted by molar-refractivity contribution is 7.66. The molecule has 0 radical (unpaired) electrons. The van der Waals surface area contributed by atoms with Crippen LogP contribution >= 0.6 is 23.5 Å². The first-order chi connectivity index (χ1) is 16.1. The van der Waals surface area contributed by atoms with Gasteiger partial charge in [-0.1, -0.05) is 5.92 Å². The van der Waals surface area contributed by atoms with Crippen LogP contribution in [0, 0.1) is 17.8 Å². The predicted octanol–water partition coefficient (Wildman–Crippen LogP) is -0.0107. The van der Waals surface area contributed by atoms with E-state index in [9.17, 15) is 28.6 Å². The second-order valence-corrected chi connectivity index (χ2v) is 11.4. The van der Waals surface area contributed by atoms with Crippen LogP contribution in [0.15, 0.2) is 12.5 Å². The lowest BCUT2D eigenvalue weighted by atomic mass is 9.87. The van der Waals surface area contributed by atoms with Gasteiger partial charge in [-0.15, -0.1) is 5.92 Å². The number of hydrogen-bond donors (Lipinski definition) is 6. The van der Waals surface area contributed by atoms with Crippen molar-refractivity contribution in [3.05, 3.63) is 12.5 Å². The second kappa shape index (κ2) is 9.91. The number of anilines is 1. The summed E-state index contributed by atoms with van der Waals surface area (Å²) in [6.45, 7) is -0.583. The van der Waals surface area contributed by atoms with Gasteiger partial charge in [-0.3, -0.25) is 9.09 Å². The number of aromatic nitrogens is 4. The minimum absolute atomic E-state index is 0.0488. The van der Waals surface area contributed by atoms with E-state index in [4.69, 9.17) is 20.3 Å². The van der Waals surface area contributed by atoms with E-state index in [0.717, 1.165) is 10.9 Å². The molecule has 0 bridgehead atoms. The number of ether oxygens (including phenoxy) is 1. The molecule has 0 aromatic carbocycles. The zero-order valence-electron chi connectivity index (χ0n) is 17.5. The van der Waals surface area contributed by atoms with E-state index in [-0.39, 0.29) is 17.1 Å². The van der Waals surface area contributed by atoms with Crippen molar-refractivity contribution in [2.24, 2.45) is 5.92 Å². The summed E-state index contributed by atoms with van der Waals surface area (Å²) in [5.41, 5.74) is 3.22. The first-order valence-electron chi connectivity index (χ1n) is 9.23. The highest BCUT2D eigenvalue weighted by Crippen LogP contribution is 2.66. The number of hydrogen-bond acceptors (Lipinski definition) is 12. The van der Waals surface area contributed by atoms with Gasteiger partial charge in [0.15, 0.2) is 11.9 Å². The summed E-state index contributed by atoms with van der Waals surface area (Å²) in [6, 6.07) is 0. The number of aliphatic hydroxyl groups is 1. The van der Waals surface area contributed by atoms with Crippen LogP contribution in [0.4, 0.5) is 10.3 Å². The molecule has 6 atom stereocenters. The second-order valence-electron chi connectivity index (χ2n) is 6.93. The predicted molar refractivity (Wildman–Crippen MR) is 111 cm³/mol. The molecule has 1 aliphatic heterocycles. The van der Waals surface area contributed by atoms with Gasteiger partial charge < -0.3 is 35.2 Å². The van der Waals surface area contributed by atoms with Crippen molar-refractivity contribution in [3.8, 4) is 11.8 Å². The number of halogens is 1. The first kappa shape index (κ1) is 27.8. The van der Waals surface area contributed by atoms with Gasteiger partial charge in [0.2, 0.25) is 11.6 Å². The largest absolute Gasteiger partial charge is 0.490 e. The number of imidazole rings is 1. The minimum atomic E-state index is -5.77. The van der Waals surface area contributed by atoms with E-state index < -0.39 is 60.6 Å². The van der Waals surface area contributed by atoms with Crippen molar-refractivity contribution < 1.29 is 60.6 Å². The Hall–Kier alpha value is -1.83. The lowest BCUT2D eigenvalue weighted by Gasteiger charge is -2.26. The summed E-state index contributed by atoms with van der Waals surface area (Å²) < 4.78 is 68.9. The summed E-state index contributed by atoms with van der Waals surface area (Å²) in [6.07, 6.45) is -0.711. The van der Waals surface area contributed by atoms with E-state index in [2.05, 4.69) is 39.9 Å². The zero-order chi connectivity index (χ0) is 26.2. The van der Waals surface area contributed by atoms with Crippen molar-refractivity contribution in [2.75, 3.05) is 18.9 Å². The van der Waals surface area contributed by atoms with Crippen molar-refractivity contribution in [2.45, 2.75) is 24.9 Å². The maximum atomic E-state index is 16.2. The molecule has 0 spiro atoms. The Morgan fingerprint density at radius 2 is 1.91 bits per heavy atom. The van der Waals surface area contributed by atoms with Crippen molar-refractivity contribution in [1.29, 1.82) is 0 Å². The van der Waals surface area contributed by atoms with Gasteiger partial charge in [-0.05, 0) is 6.92 Å². The van der Waals surface area contributed by atoms with Crippen molar-refractivity contribution >= 4 is 40.6 Å². The average Bonchev–Trinajstić information content (AvgIpc) is 3.21. The molecule has 4 unspecified atom stereocenters.